The van der Waals surface area contributed by atoms with Gasteiger partial charge in [-0.05, 0) is 60.7 Å². The zero-order valence-electron chi connectivity index (χ0n) is 18.6. The number of nitrogens with zero attached hydrogens (tertiary/aromatic N) is 1. The van der Waals surface area contributed by atoms with Crippen LogP contribution in [0.3, 0.4) is 0 Å². The molecule has 178 valence electrons. The van der Waals surface area contributed by atoms with Crippen LogP contribution < -0.4 is 27.2 Å². The van der Waals surface area contributed by atoms with E-state index >= 15 is 0 Å². The molecule has 2 aromatic carbocycles. The number of nitrogens with two attached hydrogens (primary N) is 1. The van der Waals surface area contributed by atoms with Gasteiger partial charge < -0.3 is 21.7 Å². The molecule has 0 unspecified atom stereocenters. The Hall–Kier alpha value is -4.72. The molecule has 1 heterocycles. The van der Waals surface area contributed by atoms with Crippen molar-refractivity contribution in [2.45, 2.75) is 6.04 Å². The largest absolute Gasteiger partial charge is 0.376 e. The average molecular weight is 473 g/mol. The van der Waals surface area contributed by atoms with E-state index in [1.54, 1.807) is 73.1 Å². The molecule has 0 radical (unpaired) electrons. The Labute approximate surface area is 201 Å². The van der Waals surface area contributed by atoms with Gasteiger partial charge in [0.05, 0.1) is 6.54 Å². The minimum Gasteiger partial charge on any atom is -0.376 e. The lowest BCUT2D eigenvalue weighted by Crippen LogP contribution is -2.50. The van der Waals surface area contributed by atoms with Gasteiger partial charge in [0.25, 0.3) is 11.8 Å². The Morgan fingerprint density at radius 1 is 0.886 bits per heavy atom. The number of carbonyl (C=O) groups excluding carboxylic acids is 3. The Bertz CT molecular complexity index is 1220. The van der Waals surface area contributed by atoms with Gasteiger partial charge >= 0.3 is 0 Å². The zero-order valence-corrected chi connectivity index (χ0v) is 18.6. The van der Waals surface area contributed by atoms with Gasteiger partial charge in [-0.1, -0.05) is 11.8 Å². The maximum absolute atomic E-state index is 12.2. The molecule has 0 aliphatic heterocycles. The summed E-state index contributed by atoms with van der Waals surface area (Å²) in [5.74, 6) is 4.55. The van der Waals surface area contributed by atoms with E-state index in [0.717, 1.165) is 11.3 Å². The van der Waals surface area contributed by atoms with Crippen LogP contribution in [0.1, 0.15) is 21.5 Å². The molecule has 0 bridgehead atoms. The molecule has 7 N–H and O–H groups in total. The van der Waals surface area contributed by atoms with Gasteiger partial charge in [0.2, 0.25) is 5.91 Å². The predicted molar refractivity (Wildman–Crippen MR) is 130 cm³/mol. The Balaban J connectivity index is 1.53. The first-order valence-electron chi connectivity index (χ1n) is 10.6. The van der Waals surface area contributed by atoms with Crippen LogP contribution in [0.4, 0.5) is 11.4 Å². The predicted octanol–water partition coefficient (Wildman–Crippen LogP) is 1.09. The average Bonchev–Trinajstić information content (AvgIpc) is 2.90. The lowest BCUT2D eigenvalue weighted by atomic mass is 10.1. The smallest absolute Gasteiger partial charge is 0.267 e. The van der Waals surface area contributed by atoms with E-state index in [0.29, 0.717) is 16.8 Å². The summed E-state index contributed by atoms with van der Waals surface area (Å²) in [6, 6.07) is 16.1. The van der Waals surface area contributed by atoms with Crippen LogP contribution in [-0.4, -0.2) is 47.0 Å². The summed E-state index contributed by atoms with van der Waals surface area (Å²) in [7, 11) is 0. The van der Waals surface area contributed by atoms with E-state index in [1.807, 2.05) is 0 Å². The molecule has 0 aliphatic rings. The number of benzene rings is 2. The first-order valence-corrected chi connectivity index (χ1v) is 10.6. The highest BCUT2D eigenvalue weighted by Gasteiger charge is 2.19. The number of hydrogen-bond donors (Lipinski definition) is 6. The number of anilines is 2. The number of nitrogens with one attached hydrogen (secondary N) is 4. The third-order valence-corrected chi connectivity index (χ3v) is 4.77. The normalized spacial score (nSPS) is 10.8. The van der Waals surface area contributed by atoms with Gasteiger partial charge in [-0.2, -0.15) is 0 Å². The second kappa shape index (κ2) is 12.5. The number of carbonyl (C=O) groups is 3. The molecule has 3 rings (SSSR count). The quantitative estimate of drug-likeness (QED) is 0.163. The molecule has 0 saturated heterocycles. The summed E-state index contributed by atoms with van der Waals surface area (Å²) < 4.78 is 0. The summed E-state index contributed by atoms with van der Waals surface area (Å²) in [5.41, 5.74) is 10.1. The van der Waals surface area contributed by atoms with E-state index in [9.17, 15) is 14.4 Å². The molecule has 35 heavy (non-hydrogen) atoms. The van der Waals surface area contributed by atoms with Gasteiger partial charge in [0.15, 0.2) is 0 Å². The lowest BCUT2D eigenvalue weighted by Gasteiger charge is -2.14. The van der Waals surface area contributed by atoms with Crippen LogP contribution in [-0.2, 0) is 9.59 Å². The van der Waals surface area contributed by atoms with Gasteiger partial charge in [-0.25, -0.2) is 5.48 Å². The molecule has 10 heteroatoms. The number of aromatic nitrogens is 1. The highest BCUT2D eigenvalue weighted by Crippen LogP contribution is 2.10. The number of hydroxylamine groups is 1. The molecule has 1 atom stereocenters. The summed E-state index contributed by atoms with van der Waals surface area (Å²) in [5, 5.41) is 16.9. The van der Waals surface area contributed by atoms with Gasteiger partial charge in [-0.3, -0.25) is 24.6 Å². The topological polar surface area (TPSA) is 158 Å². The van der Waals surface area contributed by atoms with Crippen LogP contribution in [0.15, 0.2) is 73.1 Å². The highest BCUT2D eigenvalue weighted by atomic mass is 16.5. The fourth-order valence-electron chi connectivity index (χ4n) is 2.89. The van der Waals surface area contributed by atoms with E-state index in [1.165, 1.54) is 5.48 Å². The van der Waals surface area contributed by atoms with Crippen molar-refractivity contribution in [2.75, 3.05) is 23.7 Å². The van der Waals surface area contributed by atoms with Crippen LogP contribution >= 0.6 is 0 Å². The van der Waals surface area contributed by atoms with Gasteiger partial charge in [0, 0.05) is 47.0 Å². The van der Waals surface area contributed by atoms with Crippen LogP contribution in [0, 0.1) is 11.8 Å². The van der Waals surface area contributed by atoms with Crippen molar-refractivity contribution < 1.29 is 19.6 Å². The van der Waals surface area contributed by atoms with E-state index in [2.05, 4.69) is 32.8 Å². The highest BCUT2D eigenvalue weighted by molar-refractivity contribution is 5.97. The fraction of sp³-hybridized carbons (Fsp3) is 0.120. The molecular formula is C25H24N6O4. The monoisotopic (exact) mass is 472 g/mol. The van der Waals surface area contributed by atoms with Crippen molar-refractivity contribution in [1.29, 1.82) is 0 Å². The van der Waals surface area contributed by atoms with Gasteiger partial charge in [0.1, 0.15) is 6.04 Å². The second-order valence-corrected chi connectivity index (χ2v) is 7.28. The molecule has 0 fully saturated rings. The van der Waals surface area contributed by atoms with Crippen molar-refractivity contribution in [3.63, 3.8) is 0 Å². The van der Waals surface area contributed by atoms with E-state index in [4.69, 9.17) is 10.9 Å². The third kappa shape index (κ3) is 7.68. The first kappa shape index (κ1) is 24.9. The summed E-state index contributed by atoms with van der Waals surface area (Å²) in [6.07, 6.45) is 3.29. The van der Waals surface area contributed by atoms with E-state index < -0.39 is 17.9 Å². The maximum atomic E-state index is 12.2. The Morgan fingerprint density at radius 2 is 1.49 bits per heavy atom. The third-order valence-electron chi connectivity index (χ3n) is 4.77. The SMILES string of the molecule is NC[C@H](NC(=O)c1ccc(C#Cc2ccc(NC(=O)CNc3ccncc3)cc2)cc1)C(=O)NO. The lowest BCUT2D eigenvalue weighted by molar-refractivity contribution is -0.130. The standard InChI is InChI=1S/C25H24N6O4/c26-15-22(25(34)31-35)30-24(33)19-7-3-17(4-8-19)1-2-18-5-9-21(10-6-18)29-23(32)16-28-20-11-13-27-14-12-20/h3-14,22,35H,15-16,26H2,(H,27,28)(H,29,32)(H,30,33)(H,31,34)/t22-/m0/s1. The van der Waals surface area contributed by atoms with Crippen LogP contribution in [0.25, 0.3) is 0 Å². The number of pyridine rings is 1. The fourth-order valence-corrected chi connectivity index (χ4v) is 2.89. The number of rotatable bonds is 8. The van der Waals surface area contributed by atoms with Crippen molar-refractivity contribution in [1.82, 2.24) is 15.8 Å². The van der Waals surface area contributed by atoms with Crippen molar-refractivity contribution in [3.8, 4) is 11.8 Å². The van der Waals surface area contributed by atoms with Crippen molar-refractivity contribution >= 4 is 29.1 Å². The Kier molecular flexibility index (Phi) is 8.90. The summed E-state index contributed by atoms with van der Waals surface area (Å²) >= 11 is 0. The van der Waals surface area contributed by atoms with Crippen molar-refractivity contribution in [3.05, 3.63) is 89.7 Å². The number of amides is 3. The molecule has 0 aliphatic carbocycles. The molecule has 3 amide bonds. The van der Waals surface area contributed by atoms with E-state index in [-0.39, 0.29) is 19.0 Å². The summed E-state index contributed by atoms with van der Waals surface area (Å²) in [6.45, 7) is -0.0340. The van der Waals surface area contributed by atoms with Gasteiger partial charge in [-0.15, -0.1) is 0 Å². The summed E-state index contributed by atoms with van der Waals surface area (Å²) in [4.78, 5) is 39.7. The minimum atomic E-state index is -1.04. The molecule has 0 spiro atoms. The van der Waals surface area contributed by atoms with Crippen molar-refractivity contribution in [2.24, 2.45) is 5.73 Å². The van der Waals surface area contributed by atoms with Crippen LogP contribution in [0.5, 0.6) is 0 Å². The molecule has 3 aromatic rings. The first-order chi connectivity index (χ1) is 17.0. The second-order valence-electron chi connectivity index (χ2n) is 7.28. The maximum Gasteiger partial charge on any atom is 0.267 e. The number of hydrogen-bond acceptors (Lipinski definition) is 7. The minimum absolute atomic E-state index is 0.126. The van der Waals surface area contributed by atoms with Crippen LogP contribution in [0.2, 0.25) is 0 Å². The Morgan fingerprint density at radius 3 is 2.06 bits per heavy atom. The zero-order chi connectivity index (χ0) is 25.0. The molecule has 1 aromatic heterocycles. The molecule has 10 nitrogen and oxygen atoms in total. The molecular weight excluding hydrogens is 448 g/mol. The molecule has 0 saturated carbocycles.